The standard InChI is InChI=1S/C13H24N2O5S/c1-19-8-3-6-15-12(16)4-7-14(21(2,17)18)10-13(15)5-9-20-11-13/h3-11H2,1-2H3. The molecule has 2 fully saturated rings. The van der Waals surface area contributed by atoms with Gasteiger partial charge in [0.25, 0.3) is 0 Å². The minimum absolute atomic E-state index is 0.00255. The molecule has 1 unspecified atom stereocenters. The number of rotatable bonds is 5. The van der Waals surface area contributed by atoms with Crippen molar-refractivity contribution in [2.24, 2.45) is 0 Å². The highest BCUT2D eigenvalue weighted by molar-refractivity contribution is 7.88. The second-order valence-electron chi connectivity index (χ2n) is 5.77. The van der Waals surface area contributed by atoms with E-state index in [4.69, 9.17) is 9.47 Å². The SMILES string of the molecule is COCCCN1C(=O)CCN(S(C)(=O)=O)CC12CCOC2. The Labute approximate surface area is 126 Å². The number of ether oxygens (including phenoxy) is 2. The molecule has 2 saturated heterocycles. The summed E-state index contributed by atoms with van der Waals surface area (Å²) in [5, 5.41) is 0. The van der Waals surface area contributed by atoms with Gasteiger partial charge in [-0.3, -0.25) is 4.79 Å². The van der Waals surface area contributed by atoms with Gasteiger partial charge >= 0.3 is 0 Å². The molecule has 1 atom stereocenters. The largest absolute Gasteiger partial charge is 0.385 e. The second-order valence-corrected chi connectivity index (χ2v) is 7.75. The molecule has 2 aliphatic rings. The molecule has 1 amide bonds. The summed E-state index contributed by atoms with van der Waals surface area (Å²) in [5.41, 5.74) is -0.523. The lowest BCUT2D eigenvalue weighted by Crippen LogP contribution is -2.57. The monoisotopic (exact) mass is 320 g/mol. The van der Waals surface area contributed by atoms with Gasteiger partial charge in [0.1, 0.15) is 0 Å². The number of amides is 1. The van der Waals surface area contributed by atoms with Crippen LogP contribution in [-0.2, 0) is 24.3 Å². The lowest BCUT2D eigenvalue weighted by atomic mass is 9.96. The normalized spacial score (nSPS) is 28.3. The maximum atomic E-state index is 12.5. The van der Waals surface area contributed by atoms with Crippen LogP contribution in [0.25, 0.3) is 0 Å². The van der Waals surface area contributed by atoms with Crippen molar-refractivity contribution in [2.45, 2.75) is 24.8 Å². The van der Waals surface area contributed by atoms with Crippen molar-refractivity contribution < 1.29 is 22.7 Å². The number of sulfonamides is 1. The maximum Gasteiger partial charge on any atom is 0.224 e. The first-order valence-corrected chi connectivity index (χ1v) is 9.06. The molecule has 2 aliphatic heterocycles. The van der Waals surface area contributed by atoms with Crippen LogP contribution >= 0.6 is 0 Å². The van der Waals surface area contributed by atoms with Gasteiger partial charge in [-0.1, -0.05) is 0 Å². The van der Waals surface area contributed by atoms with Gasteiger partial charge in [-0.15, -0.1) is 0 Å². The Balaban J connectivity index is 2.23. The molecule has 8 heteroatoms. The van der Waals surface area contributed by atoms with Crippen LogP contribution in [0.2, 0.25) is 0 Å². The Hall–Kier alpha value is -0.700. The first kappa shape index (κ1) is 16.7. The van der Waals surface area contributed by atoms with Crippen molar-refractivity contribution in [1.29, 1.82) is 0 Å². The van der Waals surface area contributed by atoms with Gasteiger partial charge in [-0.2, -0.15) is 4.31 Å². The van der Waals surface area contributed by atoms with E-state index in [-0.39, 0.29) is 18.9 Å². The van der Waals surface area contributed by atoms with Gasteiger partial charge in [0.05, 0.1) is 18.4 Å². The highest BCUT2D eigenvalue weighted by atomic mass is 32.2. The average molecular weight is 320 g/mol. The topological polar surface area (TPSA) is 76.2 Å². The van der Waals surface area contributed by atoms with E-state index < -0.39 is 15.6 Å². The Kier molecular flexibility index (Phi) is 5.24. The van der Waals surface area contributed by atoms with Gasteiger partial charge in [0.2, 0.25) is 15.9 Å². The van der Waals surface area contributed by atoms with Crippen LogP contribution in [0.3, 0.4) is 0 Å². The van der Waals surface area contributed by atoms with E-state index in [1.54, 1.807) is 7.11 Å². The van der Waals surface area contributed by atoms with E-state index in [2.05, 4.69) is 0 Å². The molecular weight excluding hydrogens is 296 g/mol. The maximum absolute atomic E-state index is 12.5. The third-order valence-electron chi connectivity index (χ3n) is 4.20. The van der Waals surface area contributed by atoms with Crippen LogP contribution in [-0.4, -0.2) is 81.9 Å². The molecule has 2 heterocycles. The highest BCUT2D eigenvalue weighted by Gasteiger charge is 2.47. The zero-order chi connectivity index (χ0) is 15.5. The van der Waals surface area contributed by atoms with Crippen LogP contribution in [0.5, 0.6) is 0 Å². The van der Waals surface area contributed by atoms with Crippen LogP contribution in [0, 0.1) is 0 Å². The summed E-state index contributed by atoms with van der Waals surface area (Å²) in [4.78, 5) is 14.3. The molecule has 0 N–H and O–H groups in total. The summed E-state index contributed by atoms with van der Waals surface area (Å²) in [6.45, 7) is 2.69. The van der Waals surface area contributed by atoms with E-state index in [0.717, 1.165) is 6.42 Å². The molecule has 2 rings (SSSR count). The van der Waals surface area contributed by atoms with Gasteiger partial charge in [0.15, 0.2) is 0 Å². The van der Waals surface area contributed by atoms with Gasteiger partial charge in [-0.25, -0.2) is 8.42 Å². The predicted molar refractivity (Wildman–Crippen MR) is 77.4 cm³/mol. The summed E-state index contributed by atoms with van der Waals surface area (Å²) in [5.74, 6) is 0.00255. The Morgan fingerprint density at radius 1 is 1.43 bits per heavy atom. The number of carbonyl (C=O) groups excluding carboxylic acids is 1. The first-order chi connectivity index (χ1) is 9.89. The molecular formula is C13H24N2O5S. The highest BCUT2D eigenvalue weighted by Crippen LogP contribution is 2.31. The van der Waals surface area contributed by atoms with Gasteiger partial charge in [0, 0.05) is 46.4 Å². The molecule has 7 nitrogen and oxygen atoms in total. The van der Waals surface area contributed by atoms with Crippen LogP contribution in [0.15, 0.2) is 0 Å². The lowest BCUT2D eigenvalue weighted by molar-refractivity contribution is -0.136. The molecule has 21 heavy (non-hydrogen) atoms. The summed E-state index contributed by atoms with van der Waals surface area (Å²) >= 11 is 0. The van der Waals surface area contributed by atoms with Crippen molar-refractivity contribution >= 4 is 15.9 Å². The van der Waals surface area contributed by atoms with E-state index in [1.807, 2.05) is 4.90 Å². The Morgan fingerprint density at radius 3 is 2.76 bits per heavy atom. The minimum Gasteiger partial charge on any atom is -0.385 e. The lowest BCUT2D eigenvalue weighted by Gasteiger charge is -2.40. The van der Waals surface area contributed by atoms with E-state index >= 15 is 0 Å². The zero-order valence-corrected chi connectivity index (χ0v) is 13.5. The molecule has 0 aliphatic carbocycles. The number of carbonyl (C=O) groups is 1. The smallest absolute Gasteiger partial charge is 0.224 e. The number of hydrogen-bond donors (Lipinski definition) is 0. The third kappa shape index (κ3) is 3.74. The number of methoxy groups -OCH3 is 1. The van der Waals surface area contributed by atoms with Crippen molar-refractivity contribution in [3.63, 3.8) is 0 Å². The predicted octanol–water partition coefficient (Wildman–Crippen LogP) is -0.324. The fourth-order valence-electron chi connectivity index (χ4n) is 3.06. The summed E-state index contributed by atoms with van der Waals surface area (Å²) in [7, 11) is -1.68. The van der Waals surface area contributed by atoms with E-state index in [9.17, 15) is 13.2 Å². The molecule has 0 aromatic carbocycles. The zero-order valence-electron chi connectivity index (χ0n) is 12.7. The number of nitrogens with zero attached hydrogens (tertiary/aromatic N) is 2. The Morgan fingerprint density at radius 2 is 2.19 bits per heavy atom. The molecule has 1 spiro atoms. The Bertz CT molecular complexity index is 473. The number of hydrogen-bond acceptors (Lipinski definition) is 5. The van der Waals surface area contributed by atoms with Crippen molar-refractivity contribution in [3.05, 3.63) is 0 Å². The molecule has 0 radical (unpaired) electrons. The fraction of sp³-hybridized carbons (Fsp3) is 0.923. The third-order valence-corrected chi connectivity index (χ3v) is 5.45. The average Bonchev–Trinajstić information content (AvgIpc) is 2.81. The van der Waals surface area contributed by atoms with Crippen molar-refractivity contribution in [2.75, 3.05) is 52.8 Å². The van der Waals surface area contributed by atoms with E-state index in [1.165, 1.54) is 10.6 Å². The molecule has 0 aromatic rings. The fourth-order valence-corrected chi connectivity index (χ4v) is 3.96. The van der Waals surface area contributed by atoms with Crippen LogP contribution in [0.4, 0.5) is 0 Å². The molecule has 0 aromatic heterocycles. The summed E-state index contributed by atoms with van der Waals surface area (Å²) in [6.07, 6.45) is 2.84. The summed E-state index contributed by atoms with van der Waals surface area (Å²) < 4.78 is 35.7. The quantitative estimate of drug-likeness (QED) is 0.649. The van der Waals surface area contributed by atoms with Crippen LogP contribution < -0.4 is 0 Å². The van der Waals surface area contributed by atoms with Gasteiger partial charge < -0.3 is 14.4 Å². The van der Waals surface area contributed by atoms with Crippen LogP contribution in [0.1, 0.15) is 19.3 Å². The van der Waals surface area contributed by atoms with Crippen molar-refractivity contribution in [3.8, 4) is 0 Å². The van der Waals surface area contributed by atoms with E-state index in [0.29, 0.717) is 39.3 Å². The summed E-state index contributed by atoms with van der Waals surface area (Å²) in [6, 6.07) is 0. The first-order valence-electron chi connectivity index (χ1n) is 7.21. The minimum atomic E-state index is -3.31. The second kappa shape index (κ2) is 6.60. The molecule has 122 valence electrons. The van der Waals surface area contributed by atoms with Gasteiger partial charge in [-0.05, 0) is 12.8 Å². The molecule has 0 saturated carbocycles. The van der Waals surface area contributed by atoms with Crippen molar-refractivity contribution in [1.82, 2.24) is 9.21 Å². The molecule has 0 bridgehead atoms.